The fourth-order valence-electron chi connectivity index (χ4n) is 2.04. The van der Waals surface area contributed by atoms with Crippen LogP contribution in [0.4, 0.5) is 4.39 Å². The molecule has 0 saturated heterocycles. The van der Waals surface area contributed by atoms with Gasteiger partial charge in [0.25, 0.3) is 0 Å². The van der Waals surface area contributed by atoms with E-state index in [0.29, 0.717) is 6.42 Å². The predicted octanol–water partition coefficient (Wildman–Crippen LogP) is 5.14. The van der Waals surface area contributed by atoms with Gasteiger partial charge in [0.2, 0.25) is 0 Å². The van der Waals surface area contributed by atoms with Crippen LogP contribution in [-0.4, -0.2) is 6.10 Å². The summed E-state index contributed by atoms with van der Waals surface area (Å²) in [4.78, 5) is 0. The summed E-state index contributed by atoms with van der Waals surface area (Å²) < 4.78 is 18.8. The Morgan fingerprint density at radius 1 is 1.10 bits per heavy atom. The van der Waals surface area contributed by atoms with E-state index in [0.717, 1.165) is 16.9 Å². The highest BCUT2D eigenvalue weighted by Crippen LogP contribution is 2.28. The first-order valence-corrected chi connectivity index (χ1v) is 7.13. The predicted molar refractivity (Wildman–Crippen MR) is 80.9 cm³/mol. The molecular weight excluding hydrogens is 275 g/mol. The first-order chi connectivity index (χ1) is 9.54. The van der Waals surface area contributed by atoms with Crippen LogP contribution in [0, 0.1) is 5.82 Å². The smallest absolute Gasteiger partial charge is 0.123 e. The molecule has 0 spiro atoms. The van der Waals surface area contributed by atoms with Crippen LogP contribution in [0.5, 0.6) is 5.75 Å². The number of ether oxygens (including phenoxy) is 1. The van der Waals surface area contributed by atoms with Crippen molar-refractivity contribution in [2.45, 2.75) is 31.7 Å². The zero-order valence-electron chi connectivity index (χ0n) is 11.6. The molecule has 0 aliphatic carbocycles. The number of hydrogen-bond acceptors (Lipinski definition) is 1. The molecule has 2 rings (SSSR count). The second-order valence-electron chi connectivity index (χ2n) is 5.04. The van der Waals surface area contributed by atoms with Crippen LogP contribution in [0.2, 0.25) is 0 Å². The normalized spacial score (nSPS) is 12.4. The SMILES string of the molecule is CC(C)Oc1cccc(C(Cl)Cc2cccc(F)c2)c1. The van der Waals surface area contributed by atoms with Gasteiger partial charge in [0.1, 0.15) is 11.6 Å². The molecule has 20 heavy (non-hydrogen) atoms. The van der Waals surface area contributed by atoms with Gasteiger partial charge >= 0.3 is 0 Å². The second kappa shape index (κ2) is 6.76. The number of benzene rings is 2. The number of hydrogen-bond donors (Lipinski definition) is 0. The van der Waals surface area contributed by atoms with Gasteiger partial charge in [0, 0.05) is 0 Å². The number of rotatable bonds is 5. The summed E-state index contributed by atoms with van der Waals surface area (Å²) in [6, 6.07) is 14.3. The van der Waals surface area contributed by atoms with E-state index in [4.69, 9.17) is 16.3 Å². The Morgan fingerprint density at radius 2 is 1.85 bits per heavy atom. The van der Waals surface area contributed by atoms with Gasteiger partial charge < -0.3 is 4.74 Å². The molecule has 0 radical (unpaired) electrons. The van der Waals surface area contributed by atoms with Gasteiger partial charge in [-0.25, -0.2) is 4.39 Å². The summed E-state index contributed by atoms with van der Waals surface area (Å²) in [6.07, 6.45) is 0.715. The lowest BCUT2D eigenvalue weighted by molar-refractivity contribution is 0.242. The Bertz CT molecular complexity index is 568. The Balaban J connectivity index is 2.10. The van der Waals surface area contributed by atoms with Gasteiger partial charge in [-0.3, -0.25) is 0 Å². The second-order valence-corrected chi connectivity index (χ2v) is 5.57. The monoisotopic (exact) mass is 292 g/mol. The Kier molecular flexibility index (Phi) is 5.02. The fraction of sp³-hybridized carbons (Fsp3) is 0.294. The summed E-state index contributed by atoms with van der Waals surface area (Å²) in [7, 11) is 0. The number of halogens is 2. The molecule has 0 aliphatic heterocycles. The molecule has 1 nitrogen and oxygen atoms in total. The van der Waals surface area contributed by atoms with E-state index >= 15 is 0 Å². The highest BCUT2D eigenvalue weighted by Gasteiger charge is 2.11. The average molecular weight is 293 g/mol. The molecule has 0 amide bonds. The molecule has 106 valence electrons. The van der Waals surface area contributed by atoms with E-state index in [1.807, 2.05) is 44.2 Å². The summed E-state index contributed by atoms with van der Waals surface area (Å²) in [6.45, 7) is 3.97. The van der Waals surface area contributed by atoms with Crippen molar-refractivity contribution in [1.29, 1.82) is 0 Å². The minimum Gasteiger partial charge on any atom is -0.491 e. The van der Waals surface area contributed by atoms with Crippen molar-refractivity contribution in [3.63, 3.8) is 0 Å². The minimum atomic E-state index is -0.233. The molecule has 1 atom stereocenters. The molecule has 0 aromatic heterocycles. The zero-order valence-corrected chi connectivity index (χ0v) is 12.4. The molecule has 3 heteroatoms. The van der Waals surface area contributed by atoms with Crippen LogP contribution < -0.4 is 4.74 Å². The summed E-state index contributed by atoms with van der Waals surface area (Å²) in [5, 5.41) is -0.201. The van der Waals surface area contributed by atoms with E-state index in [-0.39, 0.29) is 17.3 Å². The molecular formula is C17H18ClFO. The molecule has 0 saturated carbocycles. The van der Waals surface area contributed by atoms with E-state index in [2.05, 4.69) is 0 Å². The molecule has 0 fully saturated rings. The maximum absolute atomic E-state index is 13.2. The van der Waals surface area contributed by atoms with Crippen LogP contribution in [0.3, 0.4) is 0 Å². The van der Waals surface area contributed by atoms with Gasteiger partial charge in [0.15, 0.2) is 0 Å². The van der Waals surface area contributed by atoms with Crippen LogP contribution in [0.1, 0.15) is 30.4 Å². The van der Waals surface area contributed by atoms with E-state index < -0.39 is 0 Å². The standard InChI is InChI=1S/C17H18ClFO/c1-12(2)20-16-8-4-6-14(11-16)17(18)10-13-5-3-7-15(19)9-13/h3-9,11-12,17H,10H2,1-2H3. The summed E-state index contributed by atoms with van der Waals surface area (Å²) >= 11 is 6.42. The third-order valence-corrected chi connectivity index (χ3v) is 3.30. The topological polar surface area (TPSA) is 9.23 Å². The third-order valence-electron chi connectivity index (χ3n) is 2.90. The van der Waals surface area contributed by atoms with E-state index in [9.17, 15) is 4.39 Å². The fourth-order valence-corrected chi connectivity index (χ4v) is 2.36. The van der Waals surface area contributed by atoms with Crippen LogP contribution in [0.15, 0.2) is 48.5 Å². The van der Waals surface area contributed by atoms with Crippen molar-refractivity contribution >= 4 is 11.6 Å². The van der Waals surface area contributed by atoms with Gasteiger partial charge in [-0.15, -0.1) is 11.6 Å². The lowest BCUT2D eigenvalue weighted by atomic mass is 10.0. The highest BCUT2D eigenvalue weighted by atomic mass is 35.5. The van der Waals surface area contributed by atoms with Gasteiger partial charge in [-0.2, -0.15) is 0 Å². The largest absolute Gasteiger partial charge is 0.491 e. The number of alkyl halides is 1. The van der Waals surface area contributed by atoms with E-state index in [1.54, 1.807) is 6.07 Å². The summed E-state index contributed by atoms with van der Waals surface area (Å²) in [5.41, 5.74) is 1.87. The van der Waals surface area contributed by atoms with Gasteiger partial charge in [-0.05, 0) is 55.7 Å². The van der Waals surface area contributed by atoms with Crippen LogP contribution in [0.25, 0.3) is 0 Å². The quantitative estimate of drug-likeness (QED) is 0.694. The summed E-state index contributed by atoms with van der Waals surface area (Å²) in [5.74, 6) is 0.575. The highest BCUT2D eigenvalue weighted by molar-refractivity contribution is 6.20. The minimum absolute atomic E-state index is 0.127. The Labute approximate surface area is 124 Å². The van der Waals surface area contributed by atoms with Crippen molar-refractivity contribution in [3.05, 3.63) is 65.5 Å². The molecule has 2 aromatic carbocycles. The van der Waals surface area contributed by atoms with Crippen molar-refractivity contribution in [2.24, 2.45) is 0 Å². The van der Waals surface area contributed by atoms with Crippen LogP contribution >= 0.6 is 11.6 Å². The van der Waals surface area contributed by atoms with Gasteiger partial charge in [-0.1, -0.05) is 24.3 Å². The maximum atomic E-state index is 13.2. The first kappa shape index (κ1) is 14.9. The molecule has 0 aliphatic rings. The Morgan fingerprint density at radius 3 is 2.55 bits per heavy atom. The molecule has 0 heterocycles. The molecule has 2 aromatic rings. The lowest BCUT2D eigenvalue weighted by Gasteiger charge is -2.14. The van der Waals surface area contributed by atoms with Crippen molar-refractivity contribution in [1.82, 2.24) is 0 Å². The van der Waals surface area contributed by atoms with Gasteiger partial charge in [0.05, 0.1) is 11.5 Å². The van der Waals surface area contributed by atoms with Crippen molar-refractivity contribution in [2.75, 3.05) is 0 Å². The van der Waals surface area contributed by atoms with E-state index in [1.165, 1.54) is 12.1 Å². The average Bonchev–Trinajstić information content (AvgIpc) is 2.38. The molecule has 1 unspecified atom stereocenters. The lowest BCUT2D eigenvalue weighted by Crippen LogP contribution is -2.06. The third kappa shape index (κ3) is 4.24. The first-order valence-electron chi connectivity index (χ1n) is 6.69. The van der Waals surface area contributed by atoms with Crippen molar-refractivity contribution in [3.8, 4) is 5.75 Å². The van der Waals surface area contributed by atoms with Crippen LogP contribution in [-0.2, 0) is 6.42 Å². The zero-order chi connectivity index (χ0) is 14.5. The Hall–Kier alpha value is -1.54. The molecule has 0 bridgehead atoms. The molecule has 0 N–H and O–H groups in total. The van der Waals surface area contributed by atoms with Crippen molar-refractivity contribution < 1.29 is 9.13 Å². The maximum Gasteiger partial charge on any atom is 0.123 e.